The van der Waals surface area contributed by atoms with Crippen molar-refractivity contribution in [1.82, 2.24) is 4.90 Å². The molecule has 2 saturated carbocycles. The summed E-state index contributed by atoms with van der Waals surface area (Å²) < 4.78 is 0. The van der Waals surface area contributed by atoms with E-state index in [0.717, 1.165) is 30.7 Å². The number of carbonyl (C=O) groups excluding carboxylic acids is 1. The van der Waals surface area contributed by atoms with Crippen LogP contribution < -0.4 is 0 Å². The van der Waals surface area contributed by atoms with E-state index in [9.17, 15) is 4.79 Å². The summed E-state index contributed by atoms with van der Waals surface area (Å²) in [6.45, 7) is 13.1. The molecule has 3 fully saturated rings. The first kappa shape index (κ1) is 25.1. The number of rotatable bonds is 7. The van der Waals surface area contributed by atoms with Gasteiger partial charge in [0.15, 0.2) is 0 Å². The minimum absolute atomic E-state index is 0.161. The molecule has 7 atom stereocenters. The first-order valence-corrected chi connectivity index (χ1v) is 14.8. The van der Waals surface area contributed by atoms with Gasteiger partial charge in [-0.2, -0.15) is 0 Å². The van der Waals surface area contributed by atoms with Crippen LogP contribution in [-0.4, -0.2) is 10.8 Å². The minimum atomic E-state index is 0.161. The zero-order chi connectivity index (χ0) is 24.8. The van der Waals surface area contributed by atoms with Gasteiger partial charge in [0, 0.05) is 17.0 Å². The Morgan fingerprint density at radius 2 is 1.74 bits per heavy atom. The van der Waals surface area contributed by atoms with E-state index in [0.29, 0.717) is 23.2 Å². The maximum Gasteiger partial charge on any atom is 0.230 e. The Bertz CT molecular complexity index is 934. The first-order chi connectivity index (χ1) is 16.8. The highest BCUT2D eigenvalue weighted by Gasteiger charge is 2.63. The lowest BCUT2D eigenvalue weighted by molar-refractivity contribution is -0.159. The molecule has 35 heavy (non-hydrogen) atoms. The lowest BCUT2D eigenvalue weighted by Crippen LogP contribution is -2.60. The van der Waals surface area contributed by atoms with E-state index in [1.807, 2.05) is 0 Å². The number of likely N-dealkylation sites (tertiary alicyclic amines) is 1. The highest BCUT2D eigenvalue weighted by molar-refractivity contribution is 5.83. The van der Waals surface area contributed by atoms with Gasteiger partial charge >= 0.3 is 0 Å². The van der Waals surface area contributed by atoms with E-state index in [-0.39, 0.29) is 11.3 Å². The normalized spacial score (nSPS) is 37.5. The van der Waals surface area contributed by atoms with Crippen molar-refractivity contribution in [2.75, 3.05) is 0 Å². The van der Waals surface area contributed by atoms with Crippen LogP contribution in [0, 0.1) is 46.3 Å². The zero-order valence-corrected chi connectivity index (χ0v) is 23.1. The van der Waals surface area contributed by atoms with Gasteiger partial charge in [0.1, 0.15) is 0 Å². The average molecular weight is 476 g/mol. The number of hydrogen-bond donors (Lipinski definition) is 0. The van der Waals surface area contributed by atoms with E-state index >= 15 is 0 Å². The molecule has 0 unspecified atom stereocenters. The van der Waals surface area contributed by atoms with Gasteiger partial charge in [-0.05, 0) is 85.5 Å². The molecule has 1 saturated heterocycles. The number of amides is 1. The Kier molecular flexibility index (Phi) is 6.96. The number of nitrogens with zero attached hydrogens (tertiary/aromatic N) is 1. The van der Waals surface area contributed by atoms with Crippen LogP contribution in [0.15, 0.2) is 42.1 Å². The van der Waals surface area contributed by atoms with Gasteiger partial charge in [-0.25, -0.2) is 0 Å². The van der Waals surface area contributed by atoms with E-state index < -0.39 is 0 Å². The summed E-state index contributed by atoms with van der Waals surface area (Å²) in [5, 5.41) is 0. The molecule has 0 bridgehead atoms. The SMILES string of the molecule is CC(C)CCC[C@@H](C)[C@@H]1CC[C@H]2[C@H]3C(=O)N(Cc4ccccc4)C4=CCCC[C@@]4(C)[C@@H]3CC[C@@]21C. The van der Waals surface area contributed by atoms with Crippen molar-refractivity contribution in [2.24, 2.45) is 46.3 Å². The highest BCUT2D eigenvalue weighted by Crippen LogP contribution is 2.67. The quantitative estimate of drug-likeness (QED) is 0.386. The molecular formula is C33H49NO. The van der Waals surface area contributed by atoms with Crippen LogP contribution in [0.1, 0.15) is 104 Å². The smallest absolute Gasteiger partial charge is 0.230 e. The molecule has 3 aliphatic carbocycles. The van der Waals surface area contributed by atoms with Crippen molar-refractivity contribution in [2.45, 2.75) is 105 Å². The standard InChI is InChI=1S/C33H49NO/c1-23(2)12-11-13-24(3)26-17-18-27-30-28(19-21-32(26,27)4)33(5)20-10-9-16-29(33)34(31(30)35)22-25-14-7-6-8-15-25/h6-8,14-16,23-24,26-28,30H,9-13,17-22H2,1-5H3/t24-,26+,27+,28-,30-,32-,33+/m1/s1. The van der Waals surface area contributed by atoms with Crippen molar-refractivity contribution in [1.29, 1.82) is 0 Å². The molecule has 1 heterocycles. The molecular weight excluding hydrogens is 426 g/mol. The predicted molar refractivity (Wildman–Crippen MR) is 145 cm³/mol. The summed E-state index contributed by atoms with van der Waals surface area (Å²) in [6, 6.07) is 10.7. The molecule has 192 valence electrons. The molecule has 0 spiro atoms. The van der Waals surface area contributed by atoms with Crippen molar-refractivity contribution in [3.63, 3.8) is 0 Å². The molecule has 2 heteroatoms. The van der Waals surface area contributed by atoms with Crippen LogP contribution in [0.2, 0.25) is 0 Å². The number of benzene rings is 1. The topological polar surface area (TPSA) is 20.3 Å². The van der Waals surface area contributed by atoms with Crippen molar-refractivity contribution in [3.8, 4) is 0 Å². The second-order valence-electron chi connectivity index (χ2n) is 13.6. The van der Waals surface area contributed by atoms with Gasteiger partial charge < -0.3 is 4.90 Å². The largest absolute Gasteiger partial charge is 0.311 e. The maximum atomic E-state index is 14.5. The summed E-state index contributed by atoms with van der Waals surface area (Å²) in [6.07, 6.45) is 15.3. The van der Waals surface area contributed by atoms with E-state index in [1.54, 1.807) is 0 Å². The molecule has 4 aliphatic rings. The maximum absolute atomic E-state index is 14.5. The molecule has 0 N–H and O–H groups in total. The number of carbonyl (C=O) groups is 1. The monoisotopic (exact) mass is 475 g/mol. The van der Waals surface area contributed by atoms with Gasteiger partial charge in [-0.3, -0.25) is 4.79 Å². The van der Waals surface area contributed by atoms with Gasteiger partial charge in [0.05, 0.1) is 6.54 Å². The van der Waals surface area contributed by atoms with Crippen LogP contribution in [0.25, 0.3) is 0 Å². The van der Waals surface area contributed by atoms with Crippen LogP contribution >= 0.6 is 0 Å². The molecule has 1 aliphatic heterocycles. The minimum Gasteiger partial charge on any atom is -0.311 e. The Morgan fingerprint density at radius 1 is 0.971 bits per heavy atom. The van der Waals surface area contributed by atoms with E-state index in [2.05, 4.69) is 75.9 Å². The third kappa shape index (κ3) is 4.31. The van der Waals surface area contributed by atoms with Gasteiger partial charge in [0.25, 0.3) is 0 Å². The summed E-state index contributed by atoms with van der Waals surface area (Å²) in [5.41, 5.74) is 3.11. The average Bonchev–Trinajstić information content (AvgIpc) is 3.19. The molecule has 0 radical (unpaired) electrons. The molecule has 2 nitrogen and oxygen atoms in total. The van der Waals surface area contributed by atoms with Crippen LogP contribution in [0.4, 0.5) is 0 Å². The molecule has 1 amide bonds. The van der Waals surface area contributed by atoms with E-state index in [1.165, 1.54) is 69.0 Å². The number of piperidine rings is 1. The Morgan fingerprint density at radius 3 is 2.49 bits per heavy atom. The van der Waals surface area contributed by atoms with E-state index in [4.69, 9.17) is 0 Å². The van der Waals surface area contributed by atoms with Gasteiger partial charge in [0.2, 0.25) is 5.91 Å². The molecule has 0 aromatic heterocycles. The van der Waals surface area contributed by atoms with Gasteiger partial charge in [-0.15, -0.1) is 0 Å². The Hall–Kier alpha value is -1.57. The van der Waals surface area contributed by atoms with Crippen LogP contribution in [0.3, 0.4) is 0 Å². The fourth-order valence-electron chi connectivity index (χ4n) is 9.31. The highest BCUT2D eigenvalue weighted by atomic mass is 16.2. The Labute approximate surface area is 214 Å². The molecule has 1 aromatic rings. The fourth-order valence-corrected chi connectivity index (χ4v) is 9.31. The Balaban J connectivity index is 1.43. The van der Waals surface area contributed by atoms with Crippen molar-refractivity contribution >= 4 is 5.91 Å². The number of fused-ring (bicyclic) bond motifs is 5. The number of hydrogen-bond acceptors (Lipinski definition) is 1. The summed E-state index contributed by atoms with van der Waals surface area (Å²) in [5.74, 6) is 4.12. The predicted octanol–water partition coefficient (Wildman–Crippen LogP) is 8.62. The number of allylic oxidation sites excluding steroid dienone is 2. The third-order valence-electron chi connectivity index (χ3n) is 11.1. The fraction of sp³-hybridized carbons (Fsp3) is 0.727. The lowest BCUT2D eigenvalue weighted by atomic mass is 9.48. The second-order valence-corrected chi connectivity index (χ2v) is 13.6. The molecule has 1 aromatic carbocycles. The summed E-state index contributed by atoms with van der Waals surface area (Å²) in [4.78, 5) is 16.7. The first-order valence-electron chi connectivity index (χ1n) is 14.8. The third-order valence-corrected chi connectivity index (χ3v) is 11.1. The van der Waals surface area contributed by atoms with Gasteiger partial charge in [-0.1, -0.05) is 90.3 Å². The summed E-state index contributed by atoms with van der Waals surface area (Å²) >= 11 is 0. The second kappa shape index (κ2) is 9.71. The van der Waals surface area contributed by atoms with Crippen LogP contribution in [-0.2, 0) is 11.3 Å². The van der Waals surface area contributed by atoms with Crippen molar-refractivity contribution < 1.29 is 4.79 Å². The summed E-state index contributed by atoms with van der Waals surface area (Å²) in [7, 11) is 0. The lowest BCUT2D eigenvalue weighted by Gasteiger charge is -2.60. The zero-order valence-electron chi connectivity index (χ0n) is 23.1. The van der Waals surface area contributed by atoms with Crippen LogP contribution in [0.5, 0.6) is 0 Å². The molecule has 5 rings (SSSR count). The van der Waals surface area contributed by atoms with Crippen molar-refractivity contribution in [3.05, 3.63) is 47.7 Å².